The molecule has 1 aliphatic heterocycles. The summed E-state index contributed by atoms with van der Waals surface area (Å²) in [6, 6.07) is 17.8. The Morgan fingerprint density at radius 1 is 1.14 bits per heavy atom. The number of carbonyl (C=O) groups excluding carboxylic acids is 1. The maximum absolute atomic E-state index is 12.9. The third kappa shape index (κ3) is 3.85. The molecule has 4 rings (SSSR count). The van der Waals surface area contributed by atoms with Gasteiger partial charge in [-0.15, -0.1) is 0 Å². The van der Waals surface area contributed by atoms with Gasteiger partial charge in [0.15, 0.2) is 0 Å². The van der Waals surface area contributed by atoms with E-state index >= 15 is 0 Å². The summed E-state index contributed by atoms with van der Waals surface area (Å²) in [6.07, 6.45) is 4.12. The van der Waals surface area contributed by atoms with Gasteiger partial charge >= 0.3 is 0 Å². The van der Waals surface area contributed by atoms with Crippen molar-refractivity contribution < 1.29 is 9.53 Å². The molecule has 1 aromatic heterocycles. The molecule has 5 heteroatoms. The third-order valence-electron chi connectivity index (χ3n) is 5.39. The summed E-state index contributed by atoms with van der Waals surface area (Å²) in [4.78, 5) is 19.8. The van der Waals surface area contributed by atoms with Crippen molar-refractivity contribution in [3.05, 3.63) is 71.9 Å². The Balaban J connectivity index is 1.56. The maximum Gasteiger partial charge on any atom is 0.253 e. The fourth-order valence-electron chi connectivity index (χ4n) is 3.93. The Morgan fingerprint density at radius 3 is 2.75 bits per heavy atom. The molecule has 1 aliphatic rings. The smallest absolute Gasteiger partial charge is 0.253 e. The maximum atomic E-state index is 12.9. The minimum absolute atomic E-state index is 0.0867. The van der Waals surface area contributed by atoms with Gasteiger partial charge in [0.1, 0.15) is 5.75 Å². The lowest BCUT2D eigenvalue weighted by Gasteiger charge is -2.28. The van der Waals surface area contributed by atoms with E-state index in [2.05, 4.69) is 27.3 Å². The number of amides is 1. The highest BCUT2D eigenvalue weighted by Crippen LogP contribution is 2.27. The predicted molar refractivity (Wildman–Crippen MR) is 111 cm³/mol. The Hall–Kier alpha value is -2.92. The van der Waals surface area contributed by atoms with Crippen molar-refractivity contribution in [3.8, 4) is 5.75 Å². The second kappa shape index (κ2) is 8.40. The number of nitrogens with one attached hydrogen (secondary N) is 1. The standard InChI is InChI=1S/C23H25N3O2/c1-28-19-10-4-8-18(15-19)21(26-13-2-3-14-26)16-25-23(27)20-11-5-7-17-9-6-12-24-22(17)20/h4-12,15,21H,2-3,13-14,16H2,1H3,(H,25,27)/t21-/m1/s1. The van der Waals surface area contributed by atoms with Crippen LogP contribution in [0.4, 0.5) is 0 Å². The molecule has 2 heterocycles. The molecule has 0 bridgehead atoms. The zero-order valence-electron chi connectivity index (χ0n) is 16.1. The van der Waals surface area contributed by atoms with Crippen LogP contribution >= 0.6 is 0 Å². The molecule has 0 radical (unpaired) electrons. The quantitative estimate of drug-likeness (QED) is 0.712. The van der Waals surface area contributed by atoms with Gasteiger partial charge in [0.25, 0.3) is 5.91 Å². The number of likely N-dealkylation sites (tertiary alicyclic amines) is 1. The van der Waals surface area contributed by atoms with Crippen molar-refractivity contribution in [1.29, 1.82) is 0 Å². The molecule has 28 heavy (non-hydrogen) atoms. The number of ether oxygens (including phenoxy) is 1. The van der Waals surface area contributed by atoms with Gasteiger partial charge in [-0.2, -0.15) is 0 Å². The molecule has 0 aliphatic carbocycles. The van der Waals surface area contributed by atoms with E-state index in [1.165, 1.54) is 12.8 Å². The first kappa shape index (κ1) is 18.4. The summed E-state index contributed by atoms with van der Waals surface area (Å²) < 4.78 is 5.40. The lowest BCUT2D eigenvalue weighted by atomic mass is 10.0. The Kier molecular flexibility index (Phi) is 5.53. The Labute approximate surface area is 165 Å². The lowest BCUT2D eigenvalue weighted by molar-refractivity contribution is 0.0939. The topological polar surface area (TPSA) is 54.5 Å². The van der Waals surface area contributed by atoms with E-state index < -0.39 is 0 Å². The zero-order chi connectivity index (χ0) is 19.3. The van der Waals surface area contributed by atoms with Crippen LogP contribution in [0.5, 0.6) is 5.75 Å². The van der Waals surface area contributed by atoms with E-state index in [-0.39, 0.29) is 11.9 Å². The molecule has 1 saturated heterocycles. The van der Waals surface area contributed by atoms with Crippen LogP contribution in [0.15, 0.2) is 60.8 Å². The molecule has 3 aromatic rings. The van der Waals surface area contributed by atoms with Crippen LogP contribution in [0.1, 0.15) is 34.8 Å². The third-order valence-corrected chi connectivity index (χ3v) is 5.39. The monoisotopic (exact) mass is 375 g/mol. The van der Waals surface area contributed by atoms with Crippen molar-refractivity contribution in [1.82, 2.24) is 15.2 Å². The fourth-order valence-corrected chi connectivity index (χ4v) is 3.93. The van der Waals surface area contributed by atoms with Gasteiger partial charge in [-0.3, -0.25) is 14.7 Å². The van der Waals surface area contributed by atoms with Gasteiger partial charge in [0.2, 0.25) is 0 Å². The van der Waals surface area contributed by atoms with E-state index in [1.54, 1.807) is 13.3 Å². The van der Waals surface area contributed by atoms with Crippen LogP contribution in [-0.4, -0.2) is 42.5 Å². The number of carbonyl (C=O) groups is 1. The summed E-state index contributed by atoms with van der Waals surface area (Å²) in [5.74, 6) is 0.752. The molecule has 1 atom stereocenters. The van der Waals surface area contributed by atoms with Gasteiger partial charge < -0.3 is 10.1 Å². The van der Waals surface area contributed by atoms with Crippen molar-refractivity contribution in [2.75, 3.05) is 26.7 Å². The Bertz CT molecular complexity index is 961. The Morgan fingerprint density at radius 2 is 1.93 bits per heavy atom. The molecule has 5 nitrogen and oxygen atoms in total. The summed E-state index contributed by atoms with van der Waals surface area (Å²) >= 11 is 0. The molecule has 1 N–H and O–H groups in total. The van der Waals surface area contributed by atoms with E-state index in [4.69, 9.17) is 4.74 Å². The largest absolute Gasteiger partial charge is 0.497 e. The summed E-state index contributed by atoms with van der Waals surface area (Å²) in [5, 5.41) is 4.11. The zero-order valence-corrected chi connectivity index (χ0v) is 16.1. The number of rotatable bonds is 6. The number of pyridine rings is 1. The van der Waals surface area contributed by atoms with Gasteiger partial charge in [0.05, 0.1) is 24.2 Å². The number of hydrogen-bond donors (Lipinski definition) is 1. The van der Waals surface area contributed by atoms with Crippen LogP contribution in [0.3, 0.4) is 0 Å². The SMILES string of the molecule is COc1cccc([C@@H](CNC(=O)c2cccc3cccnc23)N2CCCC2)c1. The van der Waals surface area contributed by atoms with Crippen molar-refractivity contribution >= 4 is 16.8 Å². The summed E-state index contributed by atoms with van der Waals surface area (Å²) in [7, 11) is 1.68. The van der Waals surface area contributed by atoms with Crippen molar-refractivity contribution in [2.45, 2.75) is 18.9 Å². The highest BCUT2D eigenvalue weighted by atomic mass is 16.5. The molecule has 144 valence electrons. The first-order chi connectivity index (χ1) is 13.8. The summed E-state index contributed by atoms with van der Waals surface area (Å²) in [5.41, 5.74) is 2.52. The van der Waals surface area contributed by atoms with Crippen LogP contribution < -0.4 is 10.1 Å². The highest BCUT2D eigenvalue weighted by Gasteiger charge is 2.24. The normalized spacial score (nSPS) is 15.5. The second-order valence-electron chi connectivity index (χ2n) is 7.13. The number of fused-ring (bicyclic) bond motifs is 1. The van der Waals surface area contributed by atoms with E-state index in [0.717, 1.165) is 35.3 Å². The van der Waals surface area contributed by atoms with E-state index in [1.807, 2.05) is 42.5 Å². The predicted octanol–water partition coefficient (Wildman–Crippen LogP) is 3.81. The van der Waals surface area contributed by atoms with Crippen LogP contribution in [0.25, 0.3) is 10.9 Å². The molecule has 0 spiro atoms. The molecular weight excluding hydrogens is 350 g/mol. The number of methoxy groups -OCH3 is 1. The van der Waals surface area contributed by atoms with Gasteiger partial charge in [-0.05, 0) is 55.8 Å². The van der Waals surface area contributed by atoms with Gasteiger partial charge in [0, 0.05) is 18.1 Å². The van der Waals surface area contributed by atoms with Crippen molar-refractivity contribution in [2.24, 2.45) is 0 Å². The molecule has 1 amide bonds. The summed E-state index contributed by atoms with van der Waals surface area (Å²) in [6.45, 7) is 2.65. The van der Waals surface area contributed by atoms with E-state index in [9.17, 15) is 4.79 Å². The number of aromatic nitrogens is 1. The average molecular weight is 375 g/mol. The van der Waals surface area contributed by atoms with Crippen molar-refractivity contribution in [3.63, 3.8) is 0 Å². The van der Waals surface area contributed by atoms with Crippen LogP contribution in [0.2, 0.25) is 0 Å². The lowest BCUT2D eigenvalue weighted by Crippen LogP contribution is -2.36. The minimum Gasteiger partial charge on any atom is -0.497 e. The number of nitrogens with zero attached hydrogens (tertiary/aromatic N) is 2. The highest BCUT2D eigenvalue weighted by molar-refractivity contribution is 6.05. The number of hydrogen-bond acceptors (Lipinski definition) is 4. The van der Waals surface area contributed by atoms with Gasteiger partial charge in [-0.1, -0.05) is 30.3 Å². The molecular formula is C23H25N3O2. The number of para-hydroxylation sites is 1. The second-order valence-corrected chi connectivity index (χ2v) is 7.13. The van der Waals surface area contributed by atoms with Crippen LogP contribution in [0, 0.1) is 0 Å². The van der Waals surface area contributed by atoms with Gasteiger partial charge in [-0.25, -0.2) is 0 Å². The molecule has 2 aromatic carbocycles. The first-order valence-electron chi connectivity index (χ1n) is 9.76. The fraction of sp³-hybridized carbons (Fsp3) is 0.304. The van der Waals surface area contributed by atoms with E-state index in [0.29, 0.717) is 12.1 Å². The molecule has 0 unspecified atom stereocenters. The minimum atomic E-state index is -0.0867. The number of benzene rings is 2. The average Bonchev–Trinajstić information content (AvgIpc) is 3.28. The molecule has 1 fully saturated rings. The first-order valence-corrected chi connectivity index (χ1v) is 9.76. The van der Waals surface area contributed by atoms with Crippen LogP contribution in [-0.2, 0) is 0 Å². The molecule has 0 saturated carbocycles.